The summed E-state index contributed by atoms with van der Waals surface area (Å²) in [6.45, 7) is 11.4. The van der Waals surface area contributed by atoms with Crippen LogP contribution in [0.25, 0.3) is 0 Å². The molecule has 4 aromatic heterocycles. The Morgan fingerprint density at radius 3 is 0.510 bits per heavy atom. The van der Waals surface area contributed by atoms with E-state index in [9.17, 15) is 78.0 Å². The average Bonchev–Trinajstić information content (AvgIpc) is 1.52. The first kappa shape index (κ1) is 63.5. The molecule has 9 aliphatic rings. The number of amides is 8. The van der Waals surface area contributed by atoms with Crippen LogP contribution in [0.1, 0.15) is 207 Å². The van der Waals surface area contributed by atoms with E-state index in [1.807, 2.05) is 0 Å². The second kappa shape index (κ2) is 21.8. The second-order valence-electron chi connectivity index (χ2n) is 25.5. The molecule has 4 N–H and O–H groups in total. The number of hydrogen-bond acceptors (Lipinski definition) is 28. The molecule has 4 aromatic carbocycles. The summed E-state index contributed by atoms with van der Waals surface area (Å²) < 4.78 is 54.1. The zero-order chi connectivity index (χ0) is 73.3. The molecule has 36 heteroatoms. The maximum absolute atomic E-state index is 14.2. The summed E-state index contributed by atoms with van der Waals surface area (Å²) in [6, 6.07) is 5.28. The Bertz CT molecular complexity index is 4650. The standard InChI is InChI=1S/C68H44N12O24/c1-17-25-9-27-18(2)29-11-31-20(4)32-12-30-19(3)28-10-26(17)34-14-36(28)100-52-54(74-46-44(72-52)60(84)79(62(46)86)23(7)67(93)94)102-38(30)16-40(32)104-56-55(75-47-48(76-56)64(88)80(63(47)87)24(8)68(95)96)103-39(31)15-37(29)101-53-51(71-43-45(73-53)61(85)78(59(43)83)22(6)66(91)92)99-35(27)13-33(25)97-49-50(98-34)70-42-41(69-49)57(81)77(58(42)82)21(5)65(89)90/h9-24H,1-8H3,(H,89,90)(H,91,92)(H,93,94)(H,95,96)/t17?,18?,19?,20?,21-,22-,23-,24-/m0/s1. The zero-order valence-electron chi connectivity index (χ0n) is 54.6. The van der Waals surface area contributed by atoms with Crippen LogP contribution in [0.2, 0.25) is 0 Å². The molecule has 12 heterocycles. The first-order valence-corrected chi connectivity index (χ1v) is 31.7. The van der Waals surface area contributed by atoms with E-state index < -0.39 is 212 Å². The van der Waals surface area contributed by atoms with E-state index in [0.29, 0.717) is 19.6 Å². The fourth-order valence-corrected chi connectivity index (χ4v) is 13.8. The van der Waals surface area contributed by atoms with E-state index in [1.54, 1.807) is 52.0 Å². The number of rotatable bonds is 8. The summed E-state index contributed by atoms with van der Waals surface area (Å²) in [4.78, 5) is 201. The lowest BCUT2D eigenvalue weighted by atomic mass is 9.80. The van der Waals surface area contributed by atoms with E-state index in [2.05, 4.69) is 39.9 Å². The van der Waals surface area contributed by atoms with Crippen LogP contribution in [-0.4, -0.2) is 175 Å². The first-order valence-electron chi connectivity index (χ1n) is 31.7. The van der Waals surface area contributed by atoms with Crippen LogP contribution in [0.5, 0.6) is 93.0 Å². The number of carboxylic acid groups (broad SMARTS) is 4. The third-order valence-electron chi connectivity index (χ3n) is 19.6. The van der Waals surface area contributed by atoms with Gasteiger partial charge in [0.05, 0.1) is 0 Å². The maximum Gasteiger partial charge on any atom is 0.326 e. The number of benzene rings is 4. The van der Waals surface area contributed by atoms with Gasteiger partial charge in [-0.15, -0.1) is 0 Å². The fraction of sp³-hybridized carbons (Fsp3) is 0.235. The van der Waals surface area contributed by atoms with Crippen LogP contribution in [0, 0.1) is 0 Å². The van der Waals surface area contributed by atoms with Crippen molar-refractivity contribution in [1.29, 1.82) is 0 Å². The topological polar surface area (TPSA) is 476 Å². The summed E-state index contributed by atoms with van der Waals surface area (Å²) in [5.41, 5.74) is -2.93. The molecule has 0 spiro atoms. The normalized spacial score (nSPS) is 19.6. The Hall–Kier alpha value is -14.0. The molecular formula is C68H44N12O24. The summed E-state index contributed by atoms with van der Waals surface area (Å²) in [6.07, 6.45) is 0. The average molecular weight is 1410 g/mol. The first-order chi connectivity index (χ1) is 49.5. The largest absolute Gasteiger partial charge is 0.480 e. The highest BCUT2D eigenvalue weighted by Crippen LogP contribution is 2.58. The van der Waals surface area contributed by atoms with E-state index in [0.717, 1.165) is 27.7 Å². The number of carboxylic acids is 4. The molecule has 520 valence electrons. The molecule has 4 atom stereocenters. The number of ether oxygens (including phenoxy) is 8. The Kier molecular flexibility index (Phi) is 13.3. The number of fused-ring (bicyclic) bond motifs is 8. The molecule has 0 unspecified atom stereocenters. The Morgan fingerprint density at radius 2 is 0.394 bits per heavy atom. The third kappa shape index (κ3) is 8.88. The molecule has 8 amide bonds. The minimum Gasteiger partial charge on any atom is -0.480 e. The van der Waals surface area contributed by atoms with Gasteiger partial charge in [-0.05, 0) is 52.0 Å². The molecular weight excluding hydrogens is 1370 g/mol. The Balaban J connectivity index is 0.976. The van der Waals surface area contributed by atoms with Crippen molar-refractivity contribution in [3.8, 4) is 93.0 Å². The highest BCUT2D eigenvalue weighted by Gasteiger charge is 2.51. The molecule has 36 nitrogen and oxygen atoms in total. The fourth-order valence-electron chi connectivity index (χ4n) is 13.8. The van der Waals surface area contributed by atoms with Crippen molar-refractivity contribution in [1.82, 2.24) is 59.5 Å². The van der Waals surface area contributed by atoms with Gasteiger partial charge in [-0.3, -0.25) is 58.0 Å². The van der Waals surface area contributed by atoms with Crippen molar-refractivity contribution in [3.63, 3.8) is 0 Å². The number of aliphatic carboxylic acids is 4. The van der Waals surface area contributed by atoms with Gasteiger partial charge >= 0.3 is 23.9 Å². The summed E-state index contributed by atoms with van der Waals surface area (Å²) in [7, 11) is 0. The van der Waals surface area contributed by atoms with Gasteiger partial charge in [0.25, 0.3) is 94.3 Å². The second-order valence-corrected chi connectivity index (χ2v) is 25.5. The van der Waals surface area contributed by atoms with Gasteiger partial charge in [-0.2, -0.15) is 0 Å². The van der Waals surface area contributed by atoms with E-state index >= 15 is 0 Å². The number of aromatic nitrogens is 8. The lowest BCUT2D eigenvalue weighted by molar-refractivity contribution is -0.141. The molecule has 17 rings (SSSR count). The molecule has 1 aliphatic carbocycles. The summed E-state index contributed by atoms with van der Waals surface area (Å²) in [5, 5.41) is 40.3. The maximum atomic E-state index is 14.2. The minimum absolute atomic E-state index is 0.136. The minimum atomic E-state index is -1.74. The van der Waals surface area contributed by atoms with Crippen molar-refractivity contribution in [3.05, 3.63) is 139 Å². The van der Waals surface area contributed by atoms with Gasteiger partial charge in [-0.25, -0.2) is 59.0 Å². The highest BCUT2D eigenvalue weighted by atomic mass is 16.6. The van der Waals surface area contributed by atoms with Gasteiger partial charge in [0.2, 0.25) is 0 Å². The van der Waals surface area contributed by atoms with Crippen LogP contribution in [0.4, 0.5) is 0 Å². The van der Waals surface area contributed by atoms with Gasteiger partial charge in [-0.1, -0.05) is 27.7 Å². The monoisotopic (exact) mass is 1410 g/mol. The smallest absolute Gasteiger partial charge is 0.326 e. The SMILES string of the molecule is CC1c2cc3c4cc2Oc2nc5c(nc2Oc2cc6c(cc21)C(C)c1cc2c(cc1Oc1nc7c(nc1O6)C(=O)N([C@@H](C)C(=O)O)C7=O)Oc1nc6c(nc1Oc1cc(c(cc1C2C)C3C)Oc1nc2c(nc1O4)C(=O)N([C@@H](C)C(=O)O)C2=O)C(=O)N([C@@H](C)C(=O)O)C6=O)C(=O)N([C@@H](C)C(=O)O)C5=O. The van der Waals surface area contributed by atoms with Crippen molar-refractivity contribution in [2.75, 3.05) is 0 Å². The van der Waals surface area contributed by atoms with Crippen LogP contribution >= 0.6 is 0 Å². The lowest BCUT2D eigenvalue weighted by Gasteiger charge is -2.27. The summed E-state index contributed by atoms with van der Waals surface area (Å²) in [5.74, 6) is -25.3. The predicted molar refractivity (Wildman–Crippen MR) is 335 cm³/mol. The molecule has 8 aromatic rings. The zero-order valence-corrected chi connectivity index (χ0v) is 54.6. The van der Waals surface area contributed by atoms with Gasteiger partial charge < -0.3 is 58.3 Å². The Labute approximate surface area is 579 Å². The van der Waals surface area contributed by atoms with Crippen LogP contribution < -0.4 is 37.9 Å². The van der Waals surface area contributed by atoms with E-state index in [-0.39, 0.29) is 90.5 Å². The van der Waals surface area contributed by atoms with Crippen LogP contribution in [0.15, 0.2) is 48.5 Å². The van der Waals surface area contributed by atoms with Crippen molar-refractivity contribution < 1.29 is 116 Å². The van der Waals surface area contributed by atoms with Gasteiger partial charge in [0.15, 0.2) is 45.6 Å². The van der Waals surface area contributed by atoms with Crippen LogP contribution in [0.3, 0.4) is 0 Å². The van der Waals surface area contributed by atoms with Crippen LogP contribution in [-0.2, 0) is 19.2 Å². The lowest BCUT2D eigenvalue weighted by Crippen LogP contribution is -2.42. The van der Waals surface area contributed by atoms with E-state index in [4.69, 9.17) is 37.9 Å². The quantitative estimate of drug-likeness (QED) is 0.106. The predicted octanol–water partition coefficient (Wildman–Crippen LogP) is 7.64. The summed E-state index contributed by atoms with van der Waals surface area (Å²) >= 11 is 0. The molecule has 104 heavy (non-hydrogen) atoms. The Morgan fingerprint density at radius 1 is 0.269 bits per heavy atom. The molecule has 8 aliphatic heterocycles. The highest BCUT2D eigenvalue weighted by molar-refractivity contribution is 6.23. The van der Waals surface area contributed by atoms with Gasteiger partial charge in [0, 0.05) is 92.4 Å². The number of hydrogen-bond donors (Lipinski definition) is 4. The van der Waals surface area contributed by atoms with Crippen molar-refractivity contribution in [2.45, 2.75) is 103 Å². The number of carbonyl (C=O) groups is 12. The van der Waals surface area contributed by atoms with Crippen molar-refractivity contribution in [2.24, 2.45) is 0 Å². The van der Waals surface area contributed by atoms with E-state index in [1.165, 1.54) is 24.3 Å². The van der Waals surface area contributed by atoms with Crippen molar-refractivity contribution >= 4 is 71.1 Å². The molecule has 0 fully saturated rings. The third-order valence-corrected chi connectivity index (χ3v) is 19.6. The van der Waals surface area contributed by atoms with Gasteiger partial charge in [0.1, 0.15) is 70.2 Å². The number of nitrogens with zero attached hydrogens (tertiary/aromatic N) is 12. The number of imide groups is 4. The number of carbonyl (C=O) groups excluding carboxylic acids is 8. The molecule has 8 bridgehead atoms. The molecule has 0 radical (unpaired) electrons. The molecule has 0 saturated heterocycles. The molecule has 0 saturated carbocycles.